The predicted molar refractivity (Wildman–Crippen MR) is 164 cm³/mol. The van der Waals surface area contributed by atoms with Crippen LogP contribution in [0.15, 0.2) is 78.0 Å². The third kappa shape index (κ3) is 7.06. The van der Waals surface area contributed by atoms with Crippen LogP contribution in [0, 0.1) is 18.8 Å². The summed E-state index contributed by atoms with van der Waals surface area (Å²) in [7, 11) is 0. The maximum atomic E-state index is 13.2. The fourth-order valence-electron chi connectivity index (χ4n) is 6.02. The van der Waals surface area contributed by atoms with Gasteiger partial charge in [0.15, 0.2) is 0 Å². The highest BCUT2D eigenvalue weighted by Gasteiger charge is 2.30. The number of halogens is 3. The zero-order valence-electron chi connectivity index (χ0n) is 24.7. The Morgan fingerprint density at radius 3 is 2.52 bits per heavy atom. The molecule has 1 saturated heterocycles. The van der Waals surface area contributed by atoms with Crippen molar-refractivity contribution in [2.75, 3.05) is 19.6 Å². The molecule has 222 valence electrons. The number of H-pyrrole nitrogens is 1. The van der Waals surface area contributed by atoms with Crippen LogP contribution in [0.4, 0.5) is 13.2 Å². The molecule has 1 aliphatic heterocycles. The Bertz CT molecular complexity index is 1500. The number of hydrogen-bond acceptors (Lipinski definition) is 2. The molecule has 42 heavy (non-hydrogen) atoms. The van der Waals surface area contributed by atoms with E-state index in [0.29, 0.717) is 5.92 Å². The van der Waals surface area contributed by atoms with Crippen molar-refractivity contribution in [3.63, 3.8) is 0 Å². The Morgan fingerprint density at radius 2 is 1.83 bits per heavy atom. The molecule has 0 atom stereocenters. The van der Waals surface area contributed by atoms with Gasteiger partial charge < -0.3 is 15.2 Å². The van der Waals surface area contributed by atoms with E-state index in [1.165, 1.54) is 11.1 Å². The van der Waals surface area contributed by atoms with Crippen molar-refractivity contribution in [1.29, 1.82) is 0 Å². The lowest BCUT2D eigenvalue weighted by Crippen LogP contribution is -2.35. The van der Waals surface area contributed by atoms with Crippen LogP contribution in [-0.4, -0.2) is 35.4 Å². The molecule has 0 bridgehead atoms. The Morgan fingerprint density at radius 1 is 1.10 bits per heavy atom. The minimum absolute atomic E-state index is 0.0388. The molecule has 0 unspecified atom stereocenters. The van der Waals surface area contributed by atoms with Gasteiger partial charge in [0.1, 0.15) is 0 Å². The standard InChI is InChI=1S/C35H40F3N3O/c1-23(2)34(42)39-29-7-4-6-25(12-15-29)26-17-20-41(21-18-26)19-5-8-30-31-22-24(3)9-16-32(31)40-33(30)27-10-13-28(14-11-27)35(36,37)38/h4,6-7,9-11,13-16,22-23,26,40H,5,8,12,17-21H2,1-3H3,(H,39,42). The molecule has 0 radical (unpaired) electrons. The number of aryl methyl sites for hydroxylation is 2. The van der Waals surface area contributed by atoms with Gasteiger partial charge in [-0.25, -0.2) is 0 Å². The Hall–Kier alpha value is -3.58. The van der Waals surface area contributed by atoms with Crippen LogP contribution in [0.3, 0.4) is 0 Å². The van der Waals surface area contributed by atoms with E-state index in [0.717, 1.165) is 97.3 Å². The van der Waals surface area contributed by atoms with Gasteiger partial charge in [0.05, 0.1) is 5.56 Å². The average Bonchev–Trinajstić information content (AvgIpc) is 3.14. The quantitative estimate of drug-likeness (QED) is 0.284. The van der Waals surface area contributed by atoms with Crippen molar-refractivity contribution in [2.45, 2.75) is 59.1 Å². The van der Waals surface area contributed by atoms with Crippen LogP contribution in [0.1, 0.15) is 56.2 Å². The van der Waals surface area contributed by atoms with Crippen LogP contribution >= 0.6 is 0 Å². The summed E-state index contributed by atoms with van der Waals surface area (Å²) in [5.74, 6) is 0.540. The first kappa shape index (κ1) is 29.9. The normalized spacial score (nSPS) is 16.9. The number of carbonyl (C=O) groups excluding carboxylic acids is 1. The summed E-state index contributed by atoms with van der Waals surface area (Å²) in [5.41, 5.74) is 6.70. The first-order chi connectivity index (χ1) is 20.1. The topological polar surface area (TPSA) is 48.1 Å². The summed E-state index contributed by atoms with van der Waals surface area (Å²) >= 11 is 0. The van der Waals surface area contributed by atoms with Gasteiger partial charge in [-0.1, -0.05) is 61.4 Å². The van der Waals surface area contributed by atoms with Crippen LogP contribution in [0.2, 0.25) is 0 Å². The van der Waals surface area contributed by atoms with Crippen LogP contribution < -0.4 is 5.32 Å². The van der Waals surface area contributed by atoms with E-state index >= 15 is 0 Å². The second-order valence-electron chi connectivity index (χ2n) is 11.9. The Labute approximate surface area is 246 Å². The molecule has 2 aliphatic rings. The van der Waals surface area contributed by atoms with Gasteiger partial charge in [0, 0.05) is 28.2 Å². The highest BCUT2D eigenvalue weighted by Crippen LogP contribution is 2.35. The lowest BCUT2D eigenvalue weighted by atomic mass is 9.87. The molecule has 2 heterocycles. The van der Waals surface area contributed by atoms with Gasteiger partial charge in [-0.15, -0.1) is 0 Å². The van der Waals surface area contributed by atoms with Crippen LogP contribution in [0.25, 0.3) is 22.2 Å². The second-order valence-corrected chi connectivity index (χ2v) is 11.9. The highest BCUT2D eigenvalue weighted by molar-refractivity contribution is 5.91. The number of rotatable bonds is 8. The van der Waals surface area contributed by atoms with E-state index in [1.54, 1.807) is 12.1 Å². The molecule has 7 heteroatoms. The summed E-state index contributed by atoms with van der Waals surface area (Å²) in [6, 6.07) is 11.8. The number of alkyl halides is 3. The van der Waals surface area contributed by atoms with E-state index < -0.39 is 11.7 Å². The molecule has 5 rings (SSSR count). The summed E-state index contributed by atoms with van der Waals surface area (Å²) < 4.78 is 39.5. The fourth-order valence-corrected chi connectivity index (χ4v) is 6.02. The summed E-state index contributed by atoms with van der Waals surface area (Å²) in [5, 5.41) is 4.15. The van der Waals surface area contributed by atoms with E-state index in [9.17, 15) is 18.0 Å². The molecule has 0 spiro atoms. The smallest absolute Gasteiger partial charge is 0.354 e. The number of hydrogen-bond donors (Lipinski definition) is 2. The van der Waals surface area contributed by atoms with Crippen molar-refractivity contribution < 1.29 is 18.0 Å². The van der Waals surface area contributed by atoms with E-state index in [2.05, 4.69) is 58.6 Å². The number of carbonyl (C=O) groups is 1. The minimum atomic E-state index is -4.35. The third-order valence-corrected chi connectivity index (χ3v) is 8.51. The maximum Gasteiger partial charge on any atom is 0.416 e. The fraction of sp³-hybridized carbons (Fsp3) is 0.400. The molecule has 2 aromatic carbocycles. The molecule has 1 amide bonds. The van der Waals surface area contributed by atoms with Gasteiger partial charge in [-0.05, 0) is 106 Å². The first-order valence-corrected chi connectivity index (χ1v) is 15.0. The predicted octanol–water partition coefficient (Wildman–Crippen LogP) is 8.35. The van der Waals surface area contributed by atoms with Crippen molar-refractivity contribution in [3.05, 3.63) is 94.7 Å². The van der Waals surface area contributed by atoms with E-state index in [4.69, 9.17) is 0 Å². The van der Waals surface area contributed by atoms with Gasteiger partial charge in [0.25, 0.3) is 0 Å². The maximum absolute atomic E-state index is 13.2. The molecule has 1 aliphatic carbocycles. The number of benzene rings is 2. The Kier molecular flexibility index (Phi) is 9.07. The molecule has 4 nitrogen and oxygen atoms in total. The highest BCUT2D eigenvalue weighted by atomic mass is 19.4. The van der Waals surface area contributed by atoms with Crippen molar-refractivity contribution in [1.82, 2.24) is 15.2 Å². The monoisotopic (exact) mass is 575 g/mol. The first-order valence-electron chi connectivity index (χ1n) is 15.0. The lowest BCUT2D eigenvalue weighted by Gasteiger charge is -2.33. The van der Waals surface area contributed by atoms with Crippen molar-refractivity contribution in [2.24, 2.45) is 11.8 Å². The number of aromatic nitrogens is 1. The molecular formula is C35H40F3N3O. The average molecular weight is 576 g/mol. The minimum Gasteiger partial charge on any atom is -0.354 e. The van der Waals surface area contributed by atoms with Crippen molar-refractivity contribution >= 4 is 16.8 Å². The molecule has 0 saturated carbocycles. The van der Waals surface area contributed by atoms with Gasteiger partial charge in [-0.2, -0.15) is 13.2 Å². The van der Waals surface area contributed by atoms with E-state index in [-0.39, 0.29) is 11.8 Å². The number of fused-ring (bicyclic) bond motifs is 1. The number of aromatic amines is 1. The number of nitrogens with zero attached hydrogens (tertiary/aromatic N) is 1. The molecule has 2 N–H and O–H groups in total. The summed E-state index contributed by atoms with van der Waals surface area (Å²) in [6.45, 7) is 8.94. The number of likely N-dealkylation sites (tertiary alicyclic amines) is 1. The number of piperidine rings is 1. The molecule has 1 aromatic heterocycles. The van der Waals surface area contributed by atoms with Crippen molar-refractivity contribution in [3.8, 4) is 11.3 Å². The third-order valence-electron chi connectivity index (χ3n) is 8.51. The molecule has 3 aromatic rings. The zero-order valence-corrected chi connectivity index (χ0v) is 24.7. The van der Waals surface area contributed by atoms with E-state index in [1.807, 2.05) is 19.9 Å². The van der Waals surface area contributed by atoms with Crippen LogP contribution in [0.5, 0.6) is 0 Å². The number of allylic oxidation sites excluding steroid dienone is 5. The largest absolute Gasteiger partial charge is 0.416 e. The summed E-state index contributed by atoms with van der Waals surface area (Å²) in [4.78, 5) is 18.1. The molecular weight excluding hydrogens is 535 g/mol. The summed E-state index contributed by atoms with van der Waals surface area (Å²) in [6.07, 6.45) is 8.95. The molecule has 1 fully saturated rings. The van der Waals surface area contributed by atoms with Gasteiger partial charge in [0.2, 0.25) is 5.91 Å². The SMILES string of the molecule is Cc1ccc2[nH]c(-c3ccc(C(F)(F)F)cc3)c(CCCN3CCC(C4=CC=CC(NC(=O)C(C)C)=CC4)CC3)c2c1. The number of nitrogens with one attached hydrogen (secondary N) is 2. The lowest BCUT2D eigenvalue weighted by molar-refractivity contribution is -0.137. The number of amides is 1. The Balaban J connectivity index is 1.19. The second kappa shape index (κ2) is 12.7. The van der Waals surface area contributed by atoms with Gasteiger partial charge in [-0.3, -0.25) is 4.79 Å². The zero-order chi connectivity index (χ0) is 29.9. The van der Waals surface area contributed by atoms with Gasteiger partial charge >= 0.3 is 6.18 Å². The van der Waals surface area contributed by atoms with Crippen LogP contribution in [-0.2, 0) is 17.4 Å².